The van der Waals surface area contributed by atoms with Gasteiger partial charge in [-0.15, -0.1) is 5.10 Å². The maximum atomic E-state index is 10.7. The van der Waals surface area contributed by atoms with Crippen molar-refractivity contribution in [2.24, 2.45) is 0 Å². The van der Waals surface area contributed by atoms with Crippen molar-refractivity contribution in [3.05, 3.63) is 23.8 Å². The molecule has 8 nitrogen and oxygen atoms in total. The summed E-state index contributed by atoms with van der Waals surface area (Å²) in [5.74, 6) is -0.619. The van der Waals surface area contributed by atoms with Crippen LogP contribution in [0.25, 0.3) is 5.78 Å². The molecule has 0 aliphatic carbocycles. The predicted octanol–water partition coefficient (Wildman–Crippen LogP) is -0.541. The summed E-state index contributed by atoms with van der Waals surface area (Å²) >= 11 is 0. The van der Waals surface area contributed by atoms with Crippen LogP contribution in [0.5, 0.6) is 0 Å². The molecular weight excluding hydrogens is 226 g/mol. The summed E-state index contributed by atoms with van der Waals surface area (Å²) in [4.78, 5) is 29.3. The van der Waals surface area contributed by atoms with Gasteiger partial charge >= 0.3 is 5.97 Å². The number of carbonyl (C=O) groups is 2. The highest BCUT2D eigenvalue weighted by Gasteiger charge is 2.09. The number of hydrogen-bond acceptors (Lipinski definition) is 5. The second kappa shape index (κ2) is 4.16. The van der Waals surface area contributed by atoms with E-state index in [0.29, 0.717) is 5.82 Å². The predicted molar refractivity (Wildman–Crippen MR) is 55.3 cm³/mol. The summed E-state index contributed by atoms with van der Waals surface area (Å²) in [5.41, 5.74) is 0.0217. The van der Waals surface area contributed by atoms with Gasteiger partial charge in [-0.3, -0.25) is 4.79 Å². The number of amides is 1. The summed E-state index contributed by atoms with van der Waals surface area (Å²) in [5, 5.41) is 15.3. The number of hydrogen-bond donors (Lipinski definition) is 2. The van der Waals surface area contributed by atoms with Crippen LogP contribution in [0.15, 0.2) is 12.4 Å². The number of nitrogens with zero attached hydrogens (tertiary/aromatic N) is 4. The van der Waals surface area contributed by atoms with Crippen LogP contribution >= 0.6 is 0 Å². The van der Waals surface area contributed by atoms with Gasteiger partial charge in [-0.1, -0.05) is 0 Å². The maximum Gasteiger partial charge on any atom is 0.338 e. The van der Waals surface area contributed by atoms with Gasteiger partial charge in [0.15, 0.2) is 5.82 Å². The van der Waals surface area contributed by atoms with E-state index < -0.39 is 5.97 Å². The van der Waals surface area contributed by atoms with Crippen molar-refractivity contribution >= 4 is 17.7 Å². The maximum absolute atomic E-state index is 10.7. The quantitative estimate of drug-likeness (QED) is 0.739. The van der Waals surface area contributed by atoms with Crippen molar-refractivity contribution < 1.29 is 14.7 Å². The first-order valence-corrected chi connectivity index (χ1v) is 4.75. The zero-order chi connectivity index (χ0) is 12.4. The first kappa shape index (κ1) is 11.0. The summed E-state index contributed by atoms with van der Waals surface area (Å²) in [7, 11) is 0. The van der Waals surface area contributed by atoms with Crippen LogP contribution in [0, 0.1) is 0 Å². The fourth-order valence-corrected chi connectivity index (χ4v) is 1.21. The van der Waals surface area contributed by atoms with Gasteiger partial charge in [-0.25, -0.2) is 14.3 Å². The SMILES string of the molecule is CC(=O)NCc1nc2ncc(C(=O)O)cn2n1. The molecule has 0 aliphatic rings. The van der Waals surface area contributed by atoms with Gasteiger partial charge in [-0.05, 0) is 0 Å². The Balaban J connectivity index is 2.30. The fraction of sp³-hybridized carbons (Fsp3) is 0.222. The minimum absolute atomic E-state index is 0.0217. The van der Waals surface area contributed by atoms with Crippen molar-refractivity contribution in [2.45, 2.75) is 13.5 Å². The zero-order valence-electron chi connectivity index (χ0n) is 8.91. The van der Waals surface area contributed by atoms with Crippen LogP contribution in [0.3, 0.4) is 0 Å². The highest BCUT2D eigenvalue weighted by Crippen LogP contribution is 2.01. The molecule has 0 bridgehead atoms. The summed E-state index contributed by atoms with van der Waals surface area (Å²) in [6.45, 7) is 1.57. The summed E-state index contributed by atoms with van der Waals surface area (Å²) in [6, 6.07) is 0. The second-order valence-electron chi connectivity index (χ2n) is 3.33. The molecule has 0 atom stereocenters. The second-order valence-corrected chi connectivity index (χ2v) is 3.33. The lowest BCUT2D eigenvalue weighted by atomic mass is 10.4. The molecule has 0 saturated heterocycles. The number of aromatic nitrogens is 4. The fourth-order valence-electron chi connectivity index (χ4n) is 1.21. The number of nitrogens with one attached hydrogen (secondary N) is 1. The molecule has 2 aromatic rings. The Morgan fingerprint density at radius 1 is 1.53 bits per heavy atom. The largest absolute Gasteiger partial charge is 0.478 e. The van der Waals surface area contributed by atoms with Gasteiger partial charge in [0.2, 0.25) is 5.91 Å². The number of carbonyl (C=O) groups excluding carboxylic acids is 1. The first-order chi connectivity index (χ1) is 8.06. The van der Waals surface area contributed by atoms with Gasteiger partial charge in [0.25, 0.3) is 5.78 Å². The molecule has 17 heavy (non-hydrogen) atoms. The minimum Gasteiger partial charge on any atom is -0.478 e. The first-order valence-electron chi connectivity index (χ1n) is 4.75. The zero-order valence-corrected chi connectivity index (χ0v) is 8.91. The third-order valence-electron chi connectivity index (χ3n) is 1.98. The number of carboxylic acid groups (broad SMARTS) is 1. The van der Waals surface area contributed by atoms with E-state index >= 15 is 0 Å². The highest BCUT2D eigenvalue weighted by atomic mass is 16.4. The van der Waals surface area contributed by atoms with Crippen molar-refractivity contribution in [1.29, 1.82) is 0 Å². The van der Waals surface area contributed by atoms with E-state index in [0.717, 1.165) is 0 Å². The summed E-state index contributed by atoms with van der Waals surface area (Å²) in [6.07, 6.45) is 2.52. The highest BCUT2D eigenvalue weighted by molar-refractivity contribution is 5.86. The van der Waals surface area contributed by atoms with E-state index in [9.17, 15) is 9.59 Å². The van der Waals surface area contributed by atoms with Gasteiger partial charge in [0, 0.05) is 19.3 Å². The Labute approximate surface area is 95.3 Å². The Bertz CT molecular complexity index is 591. The molecule has 2 aromatic heterocycles. The van der Waals surface area contributed by atoms with Gasteiger partial charge in [-0.2, -0.15) is 4.98 Å². The van der Waals surface area contributed by atoms with Crippen LogP contribution in [0.2, 0.25) is 0 Å². The van der Waals surface area contributed by atoms with Crippen molar-refractivity contribution in [2.75, 3.05) is 0 Å². The lowest BCUT2D eigenvalue weighted by molar-refractivity contribution is -0.119. The third kappa shape index (κ3) is 2.36. The van der Waals surface area contributed by atoms with Crippen LogP contribution < -0.4 is 5.32 Å². The smallest absolute Gasteiger partial charge is 0.338 e. The molecule has 0 unspecified atom stereocenters. The van der Waals surface area contributed by atoms with E-state index in [2.05, 4.69) is 20.4 Å². The number of fused-ring (bicyclic) bond motifs is 1. The van der Waals surface area contributed by atoms with Crippen LogP contribution in [-0.2, 0) is 11.3 Å². The molecule has 0 radical (unpaired) electrons. The number of carboxylic acids is 1. The molecule has 0 saturated carbocycles. The van der Waals surface area contributed by atoms with Crippen molar-refractivity contribution in [3.63, 3.8) is 0 Å². The Morgan fingerprint density at radius 2 is 2.29 bits per heavy atom. The van der Waals surface area contributed by atoms with Crippen molar-refractivity contribution in [1.82, 2.24) is 24.9 Å². The third-order valence-corrected chi connectivity index (χ3v) is 1.98. The normalized spacial score (nSPS) is 10.4. The van der Waals surface area contributed by atoms with E-state index in [1.54, 1.807) is 0 Å². The Morgan fingerprint density at radius 3 is 2.94 bits per heavy atom. The molecule has 0 aromatic carbocycles. The Hall–Kier alpha value is -2.51. The van der Waals surface area contributed by atoms with Crippen LogP contribution in [0.1, 0.15) is 23.1 Å². The van der Waals surface area contributed by atoms with E-state index in [-0.39, 0.29) is 23.8 Å². The monoisotopic (exact) mass is 235 g/mol. The van der Waals surface area contributed by atoms with E-state index in [1.807, 2.05) is 0 Å². The molecule has 88 valence electrons. The molecule has 0 fully saturated rings. The van der Waals surface area contributed by atoms with E-state index in [1.165, 1.54) is 23.8 Å². The molecule has 2 rings (SSSR count). The topological polar surface area (TPSA) is 109 Å². The van der Waals surface area contributed by atoms with E-state index in [4.69, 9.17) is 5.11 Å². The molecule has 2 heterocycles. The molecule has 0 spiro atoms. The molecule has 8 heteroatoms. The standard InChI is InChI=1S/C9H9N5O3/c1-5(15)10-3-7-12-9-11-2-6(8(16)17)4-14(9)13-7/h2,4H,3H2,1H3,(H,10,15)(H,16,17). The molecule has 0 aliphatic heterocycles. The van der Waals surface area contributed by atoms with Gasteiger partial charge in [0.05, 0.1) is 12.1 Å². The van der Waals surface area contributed by atoms with Gasteiger partial charge in [0.1, 0.15) is 0 Å². The Kier molecular flexibility index (Phi) is 2.69. The van der Waals surface area contributed by atoms with Crippen LogP contribution in [0.4, 0.5) is 0 Å². The molecular formula is C9H9N5O3. The van der Waals surface area contributed by atoms with Crippen LogP contribution in [-0.4, -0.2) is 36.6 Å². The number of aromatic carboxylic acids is 1. The molecule has 2 N–H and O–H groups in total. The van der Waals surface area contributed by atoms with Gasteiger partial charge < -0.3 is 10.4 Å². The lowest BCUT2D eigenvalue weighted by Gasteiger charge is -1.94. The summed E-state index contributed by atoms with van der Waals surface area (Å²) < 4.78 is 1.26. The lowest BCUT2D eigenvalue weighted by Crippen LogP contribution is -2.19. The molecule has 1 amide bonds. The average Bonchev–Trinajstić information content (AvgIpc) is 2.67. The minimum atomic E-state index is -1.08. The number of rotatable bonds is 3. The van der Waals surface area contributed by atoms with Crippen molar-refractivity contribution in [3.8, 4) is 0 Å². The average molecular weight is 235 g/mol.